The molecule has 0 radical (unpaired) electrons. The summed E-state index contributed by atoms with van der Waals surface area (Å²) in [5.74, 6) is -0.162. The first kappa shape index (κ1) is 18.0. The summed E-state index contributed by atoms with van der Waals surface area (Å²) in [6, 6.07) is 1.78. The van der Waals surface area contributed by atoms with Crippen LogP contribution in [0.1, 0.15) is 32.1 Å². The maximum atomic E-state index is 11.9. The van der Waals surface area contributed by atoms with Crippen LogP contribution in [-0.2, 0) is 4.79 Å². The number of rotatable bonds is 4. The Labute approximate surface area is 165 Å². The third kappa shape index (κ3) is 3.33. The number of carboxylic acid groups (broad SMARTS) is 1. The molecule has 1 aliphatic rings. The monoisotopic (exact) mass is 405 g/mol. The second-order valence-electron chi connectivity index (χ2n) is 6.72. The van der Waals surface area contributed by atoms with Crippen LogP contribution in [0.2, 0.25) is 10.0 Å². The minimum absolute atomic E-state index is 0.279. The molecule has 0 atom stereocenters. The van der Waals surface area contributed by atoms with Crippen molar-refractivity contribution in [2.75, 3.05) is 5.32 Å². The van der Waals surface area contributed by atoms with Gasteiger partial charge in [0, 0.05) is 23.3 Å². The molecule has 0 aromatic carbocycles. The number of pyridine rings is 1. The van der Waals surface area contributed by atoms with Crippen molar-refractivity contribution in [1.82, 2.24) is 19.9 Å². The molecule has 3 heterocycles. The molecule has 27 heavy (non-hydrogen) atoms. The van der Waals surface area contributed by atoms with Crippen LogP contribution in [-0.4, -0.2) is 36.6 Å². The van der Waals surface area contributed by atoms with Gasteiger partial charge in [0.15, 0.2) is 5.82 Å². The number of H-pyrrole nitrogens is 1. The molecule has 0 amide bonds. The fourth-order valence-electron chi connectivity index (χ4n) is 3.52. The van der Waals surface area contributed by atoms with E-state index in [-0.39, 0.29) is 5.02 Å². The van der Waals surface area contributed by atoms with Gasteiger partial charge in [0.2, 0.25) is 0 Å². The Balaban J connectivity index is 1.75. The SMILES string of the molecule is O=C(O)C1(Nc2nc(-c3c[nH]c4ncc(Cl)cc34)ncc2Cl)CCCCC1. The molecule has 0 unspecified atom stereocenters. The van der Waals surface area contributed by atoms with E-state index in [1.54, 1.807) is 18.5 Å². The van der Waals surface area contributed by atoms with Gasteiger partial charge in [0.1, 0.15) is 22.0 Å². The smallest absolute Gasteiger partial charge is 0.329 e. The van der Waals surface area contributed by atoms with E-state index in [1.165, 1.54) is 6.20 Å². The van der Waals surface area contributed by atoms with Crippen molar-refractivity contribution in [1.29, 1.82) is 0 Å². The highest BCUT2D eigenvalue weighted by Gasteiger charge is 2.40. The number of carboxylic acids is 1. The molecule has 0 aliphatic heterocycles. The summed E-state index contributed by atoms with van der Waals surface area (Å²) >= 11 is 12.3. The molecule has 0 saturated heterocycles. The molecule has 1 saturated carbocycles. The van der Waals surface area contributed by atoms with Gasteiger partial charge in [-0.25, -0.2) is 19.7 Å². The first-order valence-electron chi connectivity index (χ1n) is 8.66. The van der Waals surface area contributed by atoms with Gasteiger partial charge >= 0.3 is 5.97 Å². The van der Waals surface area contributed by atoms with Crippen LogP contribution in [0.5, 0.6) is 0 Å². The van der Waals surface area contributed by atoms with Crippen molar-refractivity contribution in [3.63, 3.8) is 0 Å². The van der Waals surface area contributed by atoms with Crippen LogP contribution in [0.3, 0.4) is 0 Å². The number of hydrogen-bond donors (Lipinski definition) is 3. The summed E-state index contributed by atoms with van der Waals surface area (Å²) in [5.41, 5.74) is 0.322. The fourth-order valence-corrected chi connectivity index (χ4v) is 3.82. The lowest BCUT2D eigenvalue weighted by Gasteiger charge is -2.34. The van der Waals surface area contributed by atoms with Crippen molar-refractivity contribution < 1.29 is 9.90 Å². The minimum atomic E-state index is -1.06. The Morgan fingerprint density at radius 2 is 1.96 bits per heavy atom. The van der Waals surface area contributed by atoms with E-state index in [4.69, 9.17) is 23.2 Å². The average Bonchev–Trinajstić information content (AvgIpc) is 3.07. The second-order valence-corrected chi connectivity index (χ2v) is 7.56. The summed E-state index contributed by atoms with van der Waals surface area (Å²) in [4.78, 5) is 28.0. The van der Waals surface area contributed by atoms with Gasteiger partial charge in [-0.05, 0) is 18.9 Å². The van der Waals surface area contributed by atoms with E-state index in [2.05, 4.69) is 25.3 Å². The Morgan fingerprint density at radius 1 is 1.19 bits per heavy atom. The fraction of sp³-hybridized carbons (Fsp3) is 0.333. The van der Waals surface area contributed by atoms with Gasteiger partial charge in [-0.3, -0.25) is 0 Å². The van der Waals surface area contributed by atoms with Crippen molar-refractivity contribution in [2.45, 2.75) is 37.6 Å². The Morgan fingerprint density at radius 3 is 2.70 bits per heavy atom. The molecule has 4 rings (SSSR count). The first-order chi connectivity index (χ1) is 13.0. The third-order valence-corrected chi connectivity index (χ3v) is 5.44. The molecule has 1 fully saturated rings. The van der Waals surface area contributed by atoms with Gasteiger partial charge in [-0.1, -0.05) is 42.5 Å². The van der Waals surface area contributed by atoms with Crippen molar-refractivity contribution in [3.05, 3.63) is 34.7 Å². The summed E-state index contributed by atoms with van der Waals surface area (Å²) < 4.78 is 0. The molecule has 7 nitrogen and oxygen atoms in total. The average molecular weight is 406 g/mol. The van der Waals surface area contributed by atoms with E-state index < -0.39 is 11.5 Å². The van der Waals surface area contributed by atoms with Crippen LogP contribution in [0, 0.1) is 0 Å². The van der Waals surface area contributed by atoms with E-state index in [9.17, 15) is 9.90 Å². The van der Waals surface area contributed by atoms with E-state index in [1.807, 2.05) is 0 Å². The maximum Gasteiger partial charge on any atom is 0.329 e. The van der Waals surface area contributed by atoms with Gasteiger partial charge in [-0.15, -0.1) is 0 Å². The largest absolute Gasteiger partial charge is 0.480 e. The highest BCUT2D eigenvalue weighted by molar-refractivity contribution is 6.33. The third-order valence-electron chi connectivity index (χ3n) is 4.96. The molecule has 140 valence electrons. The van der Waals surface area contributed by atoms with E-state index in [0.717, 1.165) is 24.6 Å². The standard InChI is InChI=1S/C18H17Cl2N5O2/c19-10-6-11-12(8-22-14(11)21-7-10)15-23-9-13(20)16(24-15)25-18(17(26)27)4-2-1-3-5-18/h6-9H,1-5H2,(H,21,22)(H,26,27)(H,23,24,25). The number of halogens is 2. The highest BCUT2D eigenvalue weighted by atomic mass is 35.5. The number of carbonyl (C=O) groups is 1. The van der Waals surface area contributed by atoms with Crippen molar-refractivity contribution in [3.8, 4) is 11.4 Å². The minimum Gasteiger partial charge on any atom is -0.480 e. The summed E-state index contributed by atoms with van der Waals surface area (Å²) in [6.07, 6.45) is 8.57. The van der Waals surface area contributed by atoms with Crippen LogP contribution in [0.25, 0.3) is 22.4 Å². The molecular formula is C18H17Cl2N5O2. The quantitative estimate of drug-likeness (QED) is 0.588. The summed E-state index contributed by atoms with van der Waals surface area (Å²) in [7, 11) is 0. The normalized spacial score (nSPS) is 16.4. The molecule has 0 bridgehead atoms. The van der Waals surface area contributed by atoms with Crippen molar-refractivity contribution >= 4 is 46.0 Å². The lowest BCUT2D eigenvalue weighted by molar-refractivity contribution is -0.143. The molecule has 1 aliphatic carbocycles. The topological polar surface area (TPSA) is 104 Å². The predicted octanol–water partition coefficient (Wildman–Crippen LogP) is 4.53. The molecule has 0 spiro atoms. The number of nitrogens with one attached hydrogen (secondary N) is 2. The predicted molar refractivity (Wildman–Crippen MR) is 104 cm³/mol. The van der Waals surface area contributed by atoms with Crippen LogP contribution in [0.15, 0.2) is 24.7 Å². The Bertz CT molecular complexity index is 1010. The number of anilines is 1. The van der Waals surface area contributed by atoms with Crippen LogP contribution in [0.4, 0.5) is 5.82 Å². The highest BCUT2D eigenvalue weighted by Crippen LogP contribution is 2.35. The van der Waals surface area contributed by atoms with Crippen LogP contribution >= 0.6 is 23.2 Å². The summed E-state index contributed by atoms with van der Waals surface area (Å²) in [5, 5.41) is 14.4. The molecular weight excluding hydrogens is 389 g/mol. The zero-order valence-electron chi connectivity index (χ0n) is 14.3. The molecule has 3 N–H and O–H groups in total. The van der Waals surface area contributed by atoms with Gasteiger partial charge in [0.05, 0.1) is 11.2 Å². The van der Waals surface area contributed by atoms with Gasteiger partial charge < -0.3 is 15.4 Å². The maximum absolute atomic E-state index is 11.9. The number of aromatic nitrogens is 4. The summed E-state index contributed by atoms with van der Waals surface area (Å²) in [6.45, 7) is 0. The first-order valence-corrected chi connectivity index (χ1v) is 9.41. The van der Waals surface area contributed by atoms with Crippen LogP contribution < -0.4 is 5.32 Å². The van der Waals surface area contributed by atoms with E-state index >= 15 is 0 Å². The second kappa shape index (κ2) is 6.98. The van der Waals surface area contributed by atoms with Gasteiger partial charge in [-0.2, -0.15) is 0 Å². The number of nitrogens with zero attached hydrogens (tertiary/aromatic N) is 3. The Hall–Kier alpha value is -2.38. The molecule has 9 heteroatoms. The number of aromatic amines is 1. The van der Waals surface area contributed by atoms with Gasteiger partial charge in [0.25, 0.3) is 0 Å². The molecule has 3 aromatic rings. The molecule has 3 aromatic heterocycles. The number of fused-ring (bicyclic) bond motifs is 1. The zero-order valence-corrected chi connectivity index (χ0v) is 15.8. The van der Waals surface area contributed by atoms with E-state index in [0.29, 0.717) is 40.7 Å². The lowest BCUT2D eigenvalue weighted by atomic mass is 9.81. The number of aliphatic carboxylic acids is 1. The Kier molecular flexibility index (Phi) is 4.65. The lowest BCUT2D eigenvalue weighted by Crippen LogP contribution is -2.48. The van der Waals surface area contributed by atoms with Crippen molar-refractivity contribution in [2.24, 2.45) is 0 Å². The zero-order chi connectivity index (χ0) is 19.0. The number of hydrogen-bond acceptors (Lipinski definition) is 5.